The van der Waals surface area contributed by atoms with E-state index in [4.69, 9.17) is 27.7 Å². The molecule has 2 N–H and O–H groups in total. The number of nitrogens with one attached hydrogen (secondary N) is 2. The van der Waals surface area contributed by atoms with Crippen molar-refractivity contribution in [3.8, 4) is 11.3 Å². The number of amides is 2. The van der Waals surface area contributed by atoms with Gasteiger partial charge in [0.2, 0.25) is 11.0 Å². The number of carbonyl (C=O) groups excluding carboxylic acids is 2. The van der Waals surface area contributed by atoms with Crippen LogP contribution >= 0.6 is 46.3 Å². The van der Waals surface area contributed by atoms with Gasteiger partial charge in [0, 0.05) is 17.1 Å². The Labute approximate surface area is 213 Å². The van der Waals surface area contributed by atoms with Gasteiger partial charge in [-0.25, -0.2) is 0 Å². The van der Waals surface area contributed by atoms with Crippen LogP contribution in [0.25, 0.3) is 11.3 Å². The highest BCUT2D eigenvalue weighted by Crippen LogP contribution is 2.32. The Balaban J connectivity index is 1.35. The van der Waals surface area contributed by atoms with E-state index in [0.717, 1.165) is 16.9 Å². The van der Waals surface area contributed by atoms with E-state index < -0.39 is 5.91 Å². The first-order chi connectivity index (χ1) is 16.4. The predicted molar refractivity (Wildman–Crippen MR) is 134 cm³/mol. The van der Waals surface area contributed by atoms with E-state index in [1.54, 1.807) is 37.3 Å². The SMILES string of the molecule is Cc1onc(-c2ccccc2Cl)c1C(=O)Nc1nnc(SCC(=O)NCc2ccccc2Cl)s1. The zero-order valence-corrected chi connectivity index (χ0v) is 20.8. The molecule has 0 aliphatic heterocycles. The first-order valence-electron chi connectivity index (χ1n) is 9.91. The lowest BCUT2D eigenvalue weighted by molar-refractivity contribution is -0.118. The van der Waals surface area contributed by atoms with Gasteiger partial charge >= 0.3 is 0 Å². The number of benzene rings is 2. The maximum atomic E-state index is 12.9. The zero-order chi connectivity index (χ0) is 24.1. The van der Waals surface area contributed by atoms with Crippen LogP contribution in [0.3, 0.4) is 0 Å². The summed E-state index contributed by atoms with van der Waals surface area (Å²) < 4.78 is 5.78. The molecule has 2 aromatic carbocycles. The second kappa shape index (κ2) is 11.0. The molecule has 2 heterocycles. The molecule has 0 aliphatic rings. The number of thioether (sulfide) groups is 1. The fraction of sp³-hybridized carbons (Fsp3) is 0.136. The predicted octanol–water partition coefficient (Wildman–Crippen LogP) is 5.47. The fourth-order valence-electron chi connectivity index (χ4n) is 2.97. The second-order valence-corrected chi connectivity index (χ2v) is 9.94. The zero-order valence-electron chi connectivity index (χ0n) is 17.7. The molecule has 4 rings (SSSR count). The van der Waals surface area contributed by atoms with E-state index in [1.807, 2.05) is 18.2 Å². The quantitative estimate of drug-likeness (QED) is 0.228. The molecular weight excluding hydrogens is 517 g/mol. The summed E-state index contributed by atoms with van der Waals surface area (Å²) in [6, 6.07) is 14.4. The van der Waals surface area contributed by atoms with E-state index in [9.17, 15) is 9.59 Å². The van der Waals surface area contributed by atoms with E-state index in [-0.39, 0.29) is 22.4 Å². The maximum Gasteiger partial charge on any atom is 0.263 e. The summed E-state index contributed by atoms with van der Waals surface area (Å²) in [6.45, 7) is 1.98. The molecule has 2 amide bonds. The Morgan fingerprint density at radius 2 is 1.79 bits per heavy atom. The van der Waals surface area contributed by atoms with Gasteiger partial charge in [0.05, 0.1) is 10.8 Å². The summed E-state index contributed by atoms with van der Waals surface area (Å²) in [5, 5.41) is 18.9. The number of carbonyl (C=O) groups is 2. The number of aryl methyl sites for hydroxylation is 1. The third kappa shape index (κ3) is 5.76. The van der Waals surface area contributed by atoms with Crippen LogP contribution < -0.4 is 10.6 Å². The van der Waals surface area contributed by atoms with Gasteiger partial charge in [0.1, 0.15) is 17.0 Å². The molecule has 0 radical (unpaired) electrons. The minimum absolute atomic E-state index is 0.147. The van der Waals surface area contributed by atoms with Crippen LogP contribution in [0, 0.1) is 6.92 Å². The molecule has 174 valence electrons. The topological polar surface area (TPSA) is 110 Å². The molecule has 0 atom stereocenters. The lowest BCUT2D eigenvalue weighted by Gasteiger charge is -2.06. The molecular formula is C22H17Cl2N5O3S2. The molecule has 2 aromatic heterocycles. The average molecular weight is 534 g/mol. The number of nitrogens with zero attached hydrogens (tertiary/aromatic N) is 3. The van der Waals surface area contributed by atoms with E-state index >= 15 is 0 Å². The van der Waals surface area contributed by atoms with E-state index in [2.05, 4.69) is 26.0 Å². The number of hydrogen-bond donors (Lipinski definition) is 2. The normalized spacial score (nSPS) is 10.8. The Hall–Kier alpha value is -2.92. The molecule has 0 fully saturated rings. The van der Waals surface area contributed by atoms with Gasteiger partial charge in [-0.3, -0.25) is 14.9 Å². The van der Waals surface area contributed by atoms with Crippen molar-refractivity contribution < 1.29 is 14.1 Å². The number of rotatable bonds is 8. The molecule has 0 saturated heterocycles. The average Bonchev–Trinajstić information content (AvgIpc) is 3.43. The first-order valence-corrected chi connectivity index (χ1v) is 12.5. The Morgan fingerprint density at radius 3 is 2.56 bits per heavy atom. The smallest absolute Gasteiger partial charge is 0.263 e. The standard InChI is InChI=1S/C22H17Cl2N5O3S2/c1-12-18(19(29-32-12)14-7-3-5-9-16(14)24)20(31)26-21-27-28-22(34-21)33-11-17(30)25-10-13-6-2-4-8-15(13)23/h2-9H,10-11H2,1H3,(H,25,30)(H,26,27,31). The molecule has 8 nitrogen and oxygen atoms in total. The molecule has 0 spiro atoms. The third-order valence-corrected chi connectivity index (χ3v) is 7.28. The summed E-state index contributed by atoms with van der Waals surface area (Å²) in [5.74, 6) is -0.121. The molecule has 4 aromatic rings. The van der Waals surface area contributed by atoms with Gasteiger partial charge in [-0.1, -0.05) is 87.9 Å². The Bertz CT molecular complexity index is 1340. The van der Waals surface area contributed by atoms with Crippen molar-refractivity contribution in [3.05, 3.63) is 75.5 Å². The van der Waals surface area contributed by atoms with E-state index in [0.29, 0.717) is 37.9 Å². The van der Waals surface area contributed by atoms with Crippen LogP contribution in [0.5, 0.6) is 0 Å². The van der Waals surface area contributed by atoms with Crippen molar-refractivity contribution in [3.63, 3.8) is 0 Å². The molecule has 34 heavy (non-hydrogen) atoms. The summed E-state index contributed by atoms with van der Waals surface area (Å²) in [4.78, 5) is 25.1. The molecule has 0 bridgehead atoms. The van der Waals surface area contributed by atoms with Gasteiger partial charge in [-0.15, -0.1) is 10.2 Å². The maximum absolute atomic E-state index is 12.9. The van der Waals surface area contributed by atoms with Crippen LogP contribution in [-0.4, -0.2) is 32.9 Å². The lowest BCUT2D eigenvalue weighted by atomic mass is 10.1. The van der Waals surface area contributed by atoms with Crippen LogP contribution in [0.1, 0.15) is 21.7 Å². The van der Waals surface area contributed by atoms with Crippen molar-refractivity contribution in [1.29, 1.82) is 0 Å². The van der Waals surface area contributed by atoms with E-state index in [1.165, 1.54) is 11.8 Å². The first kappa shape index (κ1) is 24.2. The monoisotopic (exact) mass is 533 g/mol. The van der Waals surface area contributed by atoms with Crippen LogP contribution in [-0.2, 0) is 11.3 Å². The Kier molecular flexibility index (Phi) is 7.84. The van der Waals surface area contributed by atoms with Crippen LogP contribution in [0.4, 0.5) is 5.13 Å². The lowest BCUT2D eigenvalue weighted by Crippen LogP contribution is -2.24. The van der Waals surface area contributed by atoms with Gasteiger partial charge < -0.3 is 9.84 Å². The highest BCUT2D eigenvalue weighted by atomic mass is 35.5. The molecule has 0 aliphatic carbocycles. The summed E-state index contributed by atoms with van der Waals surface area (Å²) in [7, 11) is 0. The van der Waals surface area contributed by atoms with Gasteiger partial charge in [0.15, 0.2) is 4.34 Å². The van der Waals surface area contributed by atoms with Crippen molar-refractivity contribution in [2.24, 2.45) is 0 Å². The highest BCUT2D eigenvalue weighted by Gasteiger charge is 2.24. The van der Waals surface area contributed by atoms with Crippen LogP contribution in [0.2, 0.25) is 10.0 Å². The van der Waals surface area contributed by atoms with Gasteiger partial charge in [-0.05, 0) is 24.6 Å². The molecule has 12 heteroatoms. The summed E-state index contributed by atoms with van der Waals surface area (Å²) in [5.41, 5.74) is 2.03. The highest BCUT2D eigenvalue weighted by molar-refractivity contribution is 8.01. The minimum atomic E-state index is -0.446. The number of anilines is 1. The number of halogens is 2. The number of hydrogen-bond acceptors (Lipinski definition) is 8. The Morgan fingerprint density at radius 1 is 1.06 bits per heavy atom. The van der Waals surface area contributed by atoms with Crippen molar-refractivity contribution in [1.82, 2.24) is 20.7 Å². The fourth-order valence-corrected chi connectivity index (χ4v) is 4.97. The van der Waals surface area contributed by atoms with Crippen molar-refractivity contribution >= 4 is 63.2 Å². The summed E-state index contributed by atoms with van der Waals surface area (Å²) >= 11 is 14.7. The van der Waals surface area contributed by atoms with Gasteiger partial charge in [-0.2, -0.15) is 0 Å². The molecule has 0 unspecified atom stereocenters. The largest absolute Gasteiger partial charge is 0.360 e. The van der Waals surface area contributed by atoms with Crippen molar-refractivity contribution in [2.45, 2.75) is 17.8 Å². The van der Waals surface area contributed by atoms with Gasteiger partial charge in [0.25, 0.3) is 5.91 Å². The van der Waals surface area contributed by atoms with Crippen LogP contribution in [0.15, 0.2) is 57.4 Å². The molecule has 0 saturated carbocycles. The number of aromatic nitrogens is 3. The second-order valence-electron chi connectivity index (χ2n) is 6.93. The van der Waals surface area contributed by atoms with Crippen molar-refractivity contribution in [2.75, 3.05) is 11.1 Å². The third-order valence-electron chi connectivity index (χ3n) is 4.61. The minimum Gasteiger partial charge on any atom is -0.360 e. The summed E-state index contributed by atoms with van der Waals surface area (Å²) in [6.07, 6.45) is 0.